The molecule has 1 N–H and O–H groups in total. The van der Waals surface area contributed by atoms with Gasteiger partial charge in [-0.05, 0) is 36.7 Å². The van der Waals surface area contributed by atoms with Gasteiger partial charge in [-0.15, -0.1) is 0 Å². The molecule has 21 heavy (non-hydrogen) atoms. The molecular formula is C19H27NO. The number of carbonyl (C=O) groups is 1. The molecule has 3 atom stereocenters. The maximum Gasteiger partial charge on any atom is 0.221 e. The van der Waals surface area contributed by atoms with E-state index in [4.69, 9.17) is 0 Å². The zero-order chi connectivity index (χ0) is 14.9. The average molecular weight is 285 g/mol. The highest BCUT2D eigenvalue weighted by Gasteiger charge is 2.47. The van der Waals surface area contributed by atoms with E-state index in [1.807, 2.05) is 0 Å². The summed E-state index contributed by atoms with van der Waals surface area (Å²) < 4.78 is 0. The van der Waals surface area contributed by atoms with Gasteiger partial charge in [0.2, 0.25) is 5.91 Å². The molecule has 0 aromatic heterocycles. The van der Waals surface area contributed by atoms with Crippen molar-refractivity contribution in [3.8, 4) is 0 Å². The number of hydrogen-bond donors (Lipinski definition) is 1. The van der Waals surface area contributed by atoms with Crippen LogP contribution in [0.25, 0.3) is 0 Å². The van der Waals surface area contributed by atoms with Gasteiger partial charge >= 0.3 is 0 Å². The zero-order valence-corrected chi connectivity index (χ0v) is 13.3. The van der Waals surface area contributed by atoms with Gasteiger partial charge in [-0.25, -0.2) is 0 Å². The monoisotopic (exact) mass is 285 g/mol. The second-order valence-electron chi connectivity index (χ2n) is 7.39. The number of benzene rings is 1. The topological polar surface area (TPSA) is 29.1 Å². The Morgan fingerprint density at radius 1 is 1.14 bits per heavy atom. The molecule has 1 amide bonds. The summed E-state index contributed by atoms with van der Waals surface area (Å²) in [6, 6.07) is 10.8. The molecular weight excluding hydrogens is 258 g/mol. The Morgan fingerprint density at radius 3 is 2.62 bits per heavy atom. The van der Waals surface area contributed by atoms with E-state index in [-0.39, 0.29) is 17.4 Å². The molecule has 1 heterocycles. The first-order chi connectivity index (χ1) is 10.1. The third kappa shape index (κ3) is 2.86. The van der Waals surface area contributed by atoms with Crippen LogP contribution in [0.2, 0.25) is 0 Å². The minimum Gasteiger partial charge on any atom is -0.349 e. The fraction of sp³-hybridized carbons (Fsp3) is 0.632. The predicted molar refractivity (Wildman–Crippen MR) is 85.8 cm³/mol. The summed E-state index contributed by atoms with van der Waals surface area (Å²) in [4.78, 5) is 12.1. The Bertz CT molecular complexity index is 496. The van der Waals surface area contributed by atoms with Crippen molar-refractivity contribution in [2.75, 3.05) is 0 Å². The molecule has 1 saturated carbocycles. The Hall–Kier alpha value is -1.31. The van der Waals surface area contributed by atoms with Crippen LogP contribution in [-0.2, 0) is 4.79 Å². The normalized spacial score (nSPS) is 33.2. The maximum absolute atomic E-state index is 12.1. The van der Waals surface area contributed by atoms with Crippen LogP contribution in [0.1, 0.15) is 64.0 Å². The van der Waals surface area contributed by atoms with Gasteiger partial charge < -0.3 is 5.32 Å². The van der Waals surface area contributed by atoms with Crippen molar-refractivity contribution in [3.63, 3.8) is 0 Å². The molecule has 3 unspecified atom stereocenters. The van der Waals surface area contributed by atoms with Gasteiger partial charge in [0.15, 0.2) is 0 Å². The van der Waals surface area contributed by atoms with E-state index in [1.54, 1.807) is 0 Å². The second kappa shape index (κ2) is 5.82. The molecule has 2 nitrogen and oxygen atoms in total. The highest BCUT2D eigenvalue weighted by molar-refractivity contribution is 5.80. The fourth-order valence-corrected chi connectivity index (χ4v) is 4.46. The Kier molecular flexibility index (Phi) is 4.05. The highest BCUT2D eigenvalue weighted by atomic mass is 16.2. The molecule has 1 aliphatic heterocycles. The number of carbonyl (C=O) groups excluding carboxylic acids is 1. The van der Waals surface area contributed by atoms with Gasteiger partial charge in [0, 0.05) is 11.8 Å². The molecule has 0 radical (unpaired) electrons. The third-order valence-corrected chi connectivity index (χ3v) is 5.77. The van der Waals surface area contributed by atoms with E-state index in [9.17, 15) is 4.79 Å². The molecule has 1 spiro atoms. The van der Waals surface area contributed by atoms with E-state index in [2.05, 4.69) is 49.5 Å². The molecule has 2 fully saturated rings. The lowest BCUT2D eigenvalue weighted by Gasteiger charge is -2.34. The minimum atomic E-state index is 0.155. The number of nitrogens with one attached hydrogen (secondary N) is 1. The van der Waals surface area contributed by atoms with Crippen LogP contribution in [0.4, 0.5) is 0 Å². The number of rotatable bonds is 2. The standard InChI is InChI=1S/C19H27NO/c1-14(2)15-9-6-11-19(12-10-15)13-17(21)20-18(19)16-7-4-3-5-8-16/h3-5,7-8,14-15,18H,6,9-13H2,1-2H3,(H,20,21). The lowest BCUT2D eigenvalue weighted by atomic mass is 9.71. The van der Waals surface area contributed by atoms with Gasteiger partial charge in [0.25, 0.3) is 0 Å². The van der Waals surface area contributed by atoms with E-state index < -0.39 is 0 Å². The van der Waals surface area contributed by atoms with Gasteiger partial charge in [-0.3, -0.25) is 4.79 Å². The van der Waals surface area contributed by atoms with Crippen LogP contribution in [0.15, 0.2) is 30.3 Å². The summed E-state index contributed by atoms with van der Waals surface area (Å²) in [6.07, 6.45) is 6.96. The van der Waals surface area contributed by atoms with Crippen LogP contribution >= 0.6 is 0 Å². The zero-order valence-electron chi connectivity index (χ0n) is 13.3. The summed E-state index contributed by atoms with van der Waals surface area (Å²) >= 11 is 0. The number of amides is 1. The molecule has 1 aromatic rings. The maximum atomic E-state index is 12.1. The lowest BCUT2D eigenvalue weighted by molar-refractivity contribution is -0.119. The molecule has 1 aliphatic carbocycles. The van der Waals surface area contributed by atoms with Crippen LogP contribution in [0, 0.1) is 17.3 Å². The first-order valence-electron chi connectivity index (χ1n) is 8.45. The molecule has 2 aliphatic rings. The Morgan fingerprint density at radius 2 is 1.90 bits per heavy atom. The lowest BCUT2D eigenvalue weighted by Crippen LogP contribution is -2.29. The average Bonchev–Trinajstić information content (AvgIpc) is 2.66. The Labute approximate surface area is 128 Å². The predicted octanol–water partition coefficient (Wildman–Crippen LogP) is 4.47. The highest BCUT2D eigenvalue weighted by Crippen LogP contribution is 2.52. The molecule has 1 saturated heterocycles. The largest absolute Gasteiger partial charge is 0.349 e. The molecule has 114 valence electrons. The summed E-state index contributed by atoms with van der Waals surface area (Å²) in [5, 5.41) is 3.26. The van der Waals surface area contributed by atoms with E-state index in [1.165, 1.54) is 37.7 Å². The second-order valence-corrected chi connectivity index (χ2v) is 7.39. The third-order valence-electron chi connectivity index (χ3n) is 5.77. The fourth-order valence-electron chi connectivity index (χ4n) is 4.46. The summed E-state index contributed by atoms with van der Waals surface area (Å²) in [6.45, 7) is 4.69. The first kappa shape index (κ1) is 14.6. The Balaban J connectivity index is 1.86. The van der Waals surface area contributed by atoms with E-state index in [0.717, 1.165) is 18.3 Å². The minimum absolute atomic E-state index is 0.155. The van der Waals surface area contributed by atoms with Crippen molar-refractivity contribution in [2.24, 2.45) is 17.3 Å². The van der Waals surface area contributed by atoms with Crippen molar-refractivity contribution >= 4 is 5.91 Å². The van der Waals surface area contributed by atoms with Crippen molar-refractivity contribution in [1.29, 1.82) is 0 Å². The van der Waals surface area contributed by atoms with Gasteiger partial charge in [-0.2, -0.15) is 0 Å². The van der Waals surface area contributed by atoms with Crippen molar-refractivity contribution in [1.82, 2.24) is 5.32 Å². The van der Waals surface area contributed by atoms with E-state index >= 15 is 0 Å². The number of hydrogen-bond acceptors (Lipinski definition) is 1. The van der Waals surface area contributed by atoms with Crippen LogP contribution in [-0.4, -0.2) is 5.91 Å². The summed E-state index contributed by atoms with van der Waals surface area (Å²) in [5.74, 6) is 1.84. The quantitative estimate of drug-likeness (QED) is 0.853. The molecule has 3 rings (SSSR count). The molecule has 1 aromatic carbocycles. The summed E-state index contributed by atoms with van der Waals surface area (Å²) in [5.41, 5.74) is 1.44. The van der Waals surface area contributed by atoms with Crippen LogP contribution in [0.5, 0.6) is 0 Å². The molecule has 2 heteroatoms. The van der Waals surface area contributed by atoms with Crippen molar-refractivity contribution in [2.45, 2.75) is 58.4 Å². The van der Waals surface area contributed by atoms with Crippen LogP contribution in [0.3, 0.4) is 0 Å². The van der Waals surface area contributed by atoms with Crippen molar-refractivity contribution < 1.29 is 4.79 Å². The van der Waals surface area contributed by atoms with Gasteiger partial charge in [0.05, 0.1) is 6.04 Å². The smallest absolute Gasteiger partial charge is 0.221 e. The molecule has 0 bridgehead atoms. The first-order valence-corrected chi connectivity index (χ1v) is 8.45. The van der Waals surface area contributed by atoms with Crippen LogP contribution < -0.4 is 5.32 Å². The summed E-state index contributed by atoms with van der Waals surface area (Å²) in [7, 11) is 0. The van der Waals surface area contributed by atoms with Crippen molar-refractivity contribution in [3.05, 3.63) is 35.9 Å². The van der Waals surface area contributed by atoms with Gasteiger partial charge in [0.1, 0.15) is 0 Å². The van der Waals surface area contributed by atoms with Gasteiger partial charge in [-0.1, -0.05) is 57.0 Å². The SMILES string of the molecule is CC(C)C1CCCC2(CC1)CC(=O)NC2c1ccccc1. The van der Waals surface area contributed by atoms with E-state index in [0.29, 0.717) is 0 Å².